The molecule has 0 unspecified atom stereocenters. The maximum absolute atomic E-state index is 12.9. The largest absolute Gasteiger partial charge is 0.514 e. The van der Waals surface area contributed by atoms with Crippen LogP contribution in [0.25, 0.3) is 11.4 Å². The highest BCUT2D eigenvalue weighted by atomic mass is 35.5. The number of aryl methyl sites for hydroxylation is 2. The molecule has 1 aliphatic heterocycles. The van der Waals surface area contributed by atoms with E-state index >= 15 is 0 Å². The van der Waals surface area contributed by atoms with Crippen LogP contribution < -0.4 is 15.0 Å². The van der Waals surface area contributed by atoms with Gasteiger partial charge in [0.25, 0.3) is 5.91 Å². The minimum absolute atomic E-state index is 0.107. The molecule has 3 aromatic heterocycles. The van der Waals surface area contributed by atoms with Gasteiger partial charge in [0, 0.05) is 32.9 Å². The van der Waals surface area contributed by atoms with E-state index in [1.165, 1.54) is 11.8 Å². The number of hydrogen-bond donors (Lipinski definition) is 2. The van der Waals surface area contributed by atoms with Crippen molar-refractivity contribution in [1.82, 2.24) is 30.3 Å². The van der Waals surface area contributed by atoms with Crippen molar-refractivity contribution in [3.05, 3.63) is 28.2 Å². The van der Waals surface area contributed by atoms with Gasteiger partial charge in [0.2, 0.25) is 5.06 Å². The molecule has 0 saturated carbocycles. The summed E-state index contributed by atoms with van der Waals surface area (Å²) in [4.78, 5) is 34.2. The van der Waals surface area contributed by atoms with Crippen molar-refractivity contribution < 1.29 is 23.8 Å². The predicted molar refractivity (Wildman–Crippen MR) is 129 cm³/mol. The molecule has 0 aliphatic carbocycles. The number of aromatic amines is 1. The second kappa shape index (κ2) is 10.5. The zero-order valence-electron chi connectivity index (χ0n) is 19.9. The summed E-state index contributed by atoms with van der Waals surface area (Å²) in [7, 11) is 4.49. The number of amides is 1. The first-order chi connectivity index (χ1) is 17.2. The van der Waals surface area contributed by atoms with Crippen molar-refractivity contribution in [2.45, 2.75) is 25.5 Å². The fourth-order valence-electron chi connectivity index (χ4n) is 3.85. The number of thiazole rings is 1. The molecular weight excluding hydrogens is 512 g/mol. The summed E-state index contributed by atoms with van der Waals surface area (Å²) >= 11 is 7.29. The lowest BCUT2D eigenvalue weighted by molar-refractivity contribution is 0.0540. The van der Waals surface area contributed by atoms with Crippen LogP contribution in [-0.4, -0.2) is 76.5 Å². The standard InChI is InChI=1S/C21H23ClN8O5S/c1-10-15(22)11(7-23)16(24-10)18(31)25-12-5-6-30(9-14(12)33-3)20-26-17(13-8-29(2)28-27-13)19(36-20)35-21(32)34-4/h8,12,14,24H,5-6,9H2,1-4H3,(H,25,31)/t12-,14+/m1/s1. The van der Waals surface area contributed by atoms with Gasteiger partial charge in [-0.3, -0.25) is 9.48 Å². The number of piperidine rings is 1. The van der Waals surface area contributed by atoms with Crippen LogP contribution in [0.1, 0.15) is 28.2 Å². The molecule has 4 heterocycles. The van der Waals surface area contributed by atoms with E-state index in [1.807, 2.05) is 11.0 Å². The van der Waals surface area contributed by atoms with E-state index in [9.17, 15) is 14.9 Å². The van der Waals surface area contributed by atoms with Crippen LogP contribution in [0.15, 0.2) is 6.20 Å². The molecule has 1 aliphatic rings. The average Bonchev–Trinajstić information content (AvgIpc) is 3.56. The number of nitriles is 1. The Morgan fingerprint density at radius 3 is 2.81 bits per heavy atom. The van der Waals surface area contributed by atoms with E-state index in [4.69, 9.17) is 21.1 Å². The first-order valence-electron chi connectivity index (χ1n) is 10.8. The number of halogens is 1. The Hall–Kier alpha value is -3.67. The smallest absolute Gasteiger partial charge is 0.437 e. The zero-order chi connectivity index (χ0) is 26.0. The lowest BCUT2D eigenvalue weighted by Crippen LogP contribution is -2.55. The van der Waals surface area contributed by atoms with Crippen molar-refractivity contribution in [2.75, 3.05) is 32.2 Å². The highest BCUT2D eigenvalue weighted by molar-refractivity contribution is 7.18. The summed E-state index contributed by atoms with van der Waals surface area (Å²) in [6.07, 6.45) is 0.941. The minimum Gasteiger partial charge on any atom is -0.437 e. The predicted octanol–water partition coefficient (Wildman–Crippen LogP) is 2.27. The molecule has 1 amide bonds. The monoisotopic (exact) mass is 534 g/mol. The summed E-state index contributed by atoms with van der Waals surface area (Å²) in [6, 6.07) is 1.65. The van der Waals surface area contributed by atoms with Gasteiger partial charge in [-0.25, -0.2) is 9.78 Å². The highest BCUT2D eigenvalue weighted by Crippen LogP contribution is 2.40. The first kappa shape index (κ1) is 25.4. The number of carbonyl (C=O) groups is 2. The number of ether oxygens (including phenoxy) is 3. The van der Waals surface area contributed by atoms with Gasteiger partial charge in [-0.05, 0) is 13.3 Å². The second-order valence-corrected chi connectivity index (χ2v) is 9.30. The van der Waals surface area contributed by atoms with Gasteiger partial charge in [0.05, 0.1) is 30.5 Å². The molecule has 190 valence electrons. The molecule has 0 aromatic carbocycles. The summed E-state index contributed by atoms with van der Waals surface area (Å²) in [6.45, 7) is 2.63. The number of H-pyrrole nitrogens is 1. The molecule has 0 bridgehead atoms. The fraction of sp³-hybridized carbons (Fsp3) is 0.429. The Labute approximate surface area is 214 Å². The topological polar surface area (TPSA) is 160 Å². The molecule has 36 heavy (non-hydrogen) atoms. The van der Waals surface area contributed by atoms with E-state index in [1.54, 1.807) is 27.3 Å². The Morgan fingerprint density at radius 2 is 2.17 bits per heavy atom. The van der Waals surface area contributed by atoms with Gasteiger partial charge in [-0.2, -0.15) is 5.26 Å². The van der Waals surface area contributed by atoms with Crippen LogP contribution in [0.5, 0.6) is 5.06 Å². The summed E-state index contributed by atoms with van der Waals surface area (Å²) in [5, 5.41) is 21.4. The number of nitrogens with zero attached hydrogens (tertiary/aromatic N) is 6. The van der Waals surface area contributed by atoms with E-state index < -0.39 is 12.1 Å². The van der Waals surface area contributed by atoms with Crippen LogP contribution in [0.3, 0.4) is 0 Å². The number of anilines is 1. The van der Waals surface area contributed by atoms with Gasteiger partial charge < -0.3 is 29.4 Å². The van der Waals surface area contributed by atoms with Crippen LogP contribution in [0.4, 0.5) is 9.93 Å². The molecule has 0 radical (unpaired) electrons. The van der Waals surface area contributed by atoms with Gasteiger partial charge in [-0.15, -0.1) is 5.10 Å². The number of rotatable bonds is 6. The molecule has 2 atom stereocenters. The van der Waals surface area contributed by atoms with Crippen molar-refractivity contribution in [3.63, 3.8) is 0 Å². The molecule has 2 N–H and O–H groups in total. The summed E-state index contributed by atoms with van der Waals surface area (Å²) < 4.78 is 17.1. The molecule has 4 rings (SSSR count). The Balaban J connectivity index is 1.52. The van der Waals surface area contributed by atoms with E-state index in [0.29, 0.717) is 41.7 Å². The quantitative estimate of drug-likeness (QED) is 0.449. The maximum Gasteiger partial charge on any atom is 0.514 e. The molecule has 3 aromatic rings. The normalized spacial score (nSPS) is 17.5. The molecule has 1 saturated heterocycles. The second-order valence-electron chi connectivity index (χ2n) is 7.98. The number of nitrogens with one attached hydrogen (secondary N) is 2. The number of aromatic nitrogens is 5. The molecule has 1 fully saturated rings. The average molecular weight is 535 g/mol. The van der Waals surface area contributed by atoms with Gasteiger partial charge in [0.15, 0.2) is 5.13 Å². The summed E-state index contributed by atoms with van der Waals surface area (Å²) in [5.74, 6) is -0.435. The van der Waals surface area contributed by atoms with Gasteiger partial charge in [0.1, 0.15) is 28.7 Å². The Bertz CT molecular complexity index is 1330. The molecule has 13 nitrogen and oxygen atoms in total. The third-order valence-corrected chi connectivity index (χ3v) is 7.14. The molecular formula is C21H23ClN8O5S. The lowest BCUT2D eigenvalue weighted by Gasteiger charge is -2.37. The van der Waals surface area contributed by atoms with Crippen LogP contribution in [0, 0.1) is 18.3 Å². The maximum atomic E-state index is 12.9. The summed E-state index contributed by atoms with van der Waals surface area (Å²) in [5.41, 5.74) is 1.58. The van der Waals surface area contributed by atoms with Crippen LogP contribution in [0.2, 0.25) is 5.02 Å². The number of hydrogen-bond acceptors (Lipinski definition) is 11. The van der Waals surface area contributed by atoms with Crippen molar-refractivity contribution >= 4 is 40.1 Å². The molecule has 0 spiro atoms. The van der Waals surface area contributed by atoms with Gasteiger partial charge >= 0.3 is 6.16 Å². The minimum atomic E-state index is -0.872. The Morgan fingerprint density at radius 1 is 1.39 bits per heavy atom. The highest BCUT2D eigenvalue weighted by Gasteiger charge is 2.34. The van der Waals surface area contributed by atoms with Crippen molar-refractivity contribution in [3.8, 4) is 22.5 Å². The zero-order valence-corrected chi connectivity index (χ0v) is 21.4. The third-order valence-electron chi connectivity index (χ3n) is 5.67. The van der Waals surface area contributed by atoms with Gasteiger partial charge in [-0.1, -0.05) is 28.2 Å². The van der Waals surface area contributed by atoms with E-state index in [0.717, 1.165) is 11.3 Å². The van der Waals surface area contributed by atoms with E-state index in [2.05, 4.69) is 30.3 Å². The van der Waals surface area contributed by atoms with E-state index in [-0.39, 0.29) is 33.5 Å². The lowest BCUT2D eigenvalue weighted by atomic mass is 10.0. The number of carbonyl (C=O) groups excluding carboxylic acids is 2. The molecule has 15 heteroatoms. The first-order valence-corrected chi connectivity index (χ1v) is 11.9. The van der Waals surface area contributed by atoms with Crippen LogP contribution >= 0.6 is 22.9 Å². The SMILES string of the molecule is COC(=O)Oc1sc(N2CC[C@@H](NC(=O)c3[nH]c(C)c(Cl)c3C#N)[C@@H](OC)C2)nc1-c1cn(C)nn1. The Kier molecular flexibility index (Phi) is 7.43. The number of methoxy groups -OCH3 is 2. The third kappa shape index (κ3) is 4.99. The van der Waals surface area contributed by atoms with Crippen molar-refractivity contribution in [2.24, 2.45) is 7.05 Å². The van der Waals surface area contributed by atoms with Crippen LogP contribution in [-0.2, 0) is 16.5 Å². The van der Waals surface area contributed by atoms with Crippen molar-refractivity contribution in [1.29, 1.82) is 5.26 Å². The fourth-order valence-corrected chi connectivity index (χ4v) is 4.99.